The second-order valence-corrected chi connectivity index (χ2v) is 9.55. The van der Waals surface area contributed by atoms with E-state index in [0.717, 1.165) is 54.6 Å². The fourth-order valence-corrected chi connectivity index (χ4v) is 5.61. The Morgan fingerprint density at radius 3 is 3.00 bits per heavy atom. The zero-order valence-corrected chi connectivity index (χ0v) is 18.7. The first-order chi connectivity index (χ1) is 15.3. The number of rotatable bonds is 7. The first kappa shape index (κ1) is 20.4. The number of hydrogen-bond donors (Lipinski definition) is 0. The maximum atomic E-state index is 13.1. The summed E-state index contributed by atoms with van der Waals surface area (Å²) in [7, 11) is 0. The Bertz CT molecular complexity index is 1040. The van der Waals surface area contributed by atoms with Gasteiger partial charge in [-0.25, -0.2) is 0 Å². The second-order valence-electron chi connectivity index (χ2n) is 7.57. The van der Waals surface area contributed by atoms with Gasteiger partial charge < -0.3 is 18.9 Å². The third-order valence-corrected chi connectivity index (χ3v) is 7.51. The molecule has 0 radical (unpaired) electrons. The number of ether oxygens (including phenoxy) is 2. The highest BCUT2D eigenvalue weighted by molar-refractivity contribution is 7.99. The third-order valence-electron chi connectivity index (χ3n) is 5.61. The molecule has 0 N–H and O–H groups in total. The molecule has 0 aliphatic carbocycles. The summed E-state index contributed by atoms with van der Waals surface area (Å²) in [6.07, 6.45) is 4.66. The van der Waals surface area contributed by atoms with Gasteiger partial charge in [0.15, 0.2) is 16.7 Å². The number of benzene rings is 1. The van der Waals surface area contributed by atoms with Gasteiger partial charge in [0.25, 0.3) is 0 Å². The van der Waals surface area contributed by atoms with Crippen LogP contribution in [0.5, 0.6) is 11.5 Å². The molecule has 2 aliphatic rings. The van der Waals surface area contributed by atoms with Gasteiger partial charge in [0.1, 0.15) is 19.5 Å². The van der Waals surface area contributed by atoms with E-state index in [2.05, 4.69) is 33.8 Å². The lowest BCUT2D eigenvalue weighted by Crippen LogP contribution is -2.32. The summed E-state index contributed by atoms with van der Waals surface area (Å²) in [5, 5.41) is 11.1. The molecule has 31 heavy (non-hydrogen) atoms. The summed E-state index contributed by atoms with van der Waals surface area (Å²) in [6, 6.07) is 10.3. The minimum atomic E-state index is 0.0839. The fourth-order valence-electron chi connectivity index (χ4n) is 4.08. The number of fused-ring (bicyclic) bond motifs is 1. The molecule has 7 nitrogen and oxygen atoms in total. The molecule has 9 heteroatoms. The van der Waals surface area contributed by atoms with E-state index in [1.54, 1.807) is 17.7 Å². The zero-order valence-electron chi connectivity index (χ0n) is 17.1. The summed E-state index contributed by atoms with van der Waals surface area (Å²) in [5.41, 5.74) is 1.11. The van der Waals surface area contributed by atoms with E-state index < -0.39 is 0 Å². The quantitative estimate of drug-likeness (QED) is 0.504. The van der Waals surface area contributed by atoms with Crippen LogP contribution in [0, 0.1) is 0 Å². The third kappa shape index (κ3) is 4.57. The first-order valence-electron chi connectivity index (χ1n) is 10.5. The maximum absolute atomic E-state index is 13.1. The van der Waals surface area contributed by atoms with Crippen molar-refractivity contribution in [3.05, 3.63) is 52.5 Å². The Hall–Kier alpha value is -2.52. The van der Waals surface area contributed by atoms with E-state index in [0.29, 0.717) is 19.0 Å². The number of aromatic nitrogens is 3. The minimum Gasteiger partial charge on any atom is -0.486 e. The van der Waals surface area contributed by atoms with Crippen LogP contribution in [0.15, 0.2) is 47.2 Å². The molecule has 162 valence electrons. The molecular formula is C22H24N4O3S2. The summed E-state index contributed by atoms with van der Waals surface area (Å²) < 4.78 is 13.4. The van der Waals surface area contributed by atoms with Crippen molar-refractivity contribution in [2.75, 3.05) is 25.5 Å². The molecule has 0 bridgehead atoms. The van der Waals surface area contributed by atoms with Crippen molar-refractivity contribution in [1.82, 2.24) is 19.7 Å². The van der Waals surface area contributed by atoms with Crippen molar-refractivity contribution < 1.29 is 14.3 Å². The highest BCUT2D eigenvalue weighted by Gasteiger charge is 2.31. The number of thioether (sulfide) groups is 1. The number of likely N-dealkylation sites (tertiary alicyclic amines) is 1. The molecule has 0 saturated carbocycles. The standard InChI is InChI=1S/C22H24N4O3S2/c27-21(14-31-22-24-23-15-25(22)9-7-17-3-2-12-30-17)26-8-1-4-18(26)16-5-6-19-20(13-16)29-11-10-28-19/h2-3,5-6,12-13,15,18H,1,4,7-11,14H2/t18-/m1/s1. The van der Waals surface area contributed by atoms with E-state index >= 15 is 0 Å². The van der Waals surface area contributed by atoms with Gasteiger partial charge in [-0.3, -0.25) is 4.79 Å². The molecule has 0 spiro atoms. The van der Waals surface area contributed by atoms with Gasteiger partial charge in [-0.1, -0.05) is 23.9 Å². The van der Waals surface area contributed by atoms with Gasteiger partial charge >= 0.3 is 0 Å². The maximum Gasteiger partial charge on any atom is 0.233 e. The Morgan fingerprint density at radius 2 is 2.13 bits per heavy atom. The van der Waals surface area contributed by atoms with Gasteiger partial charge in [-0.05, 0) is 48.4 Å². The Kier molecular flexibility index (Phi) is 6.13. The predicted molar refractivity (Wildman–Crippen MR) is 120 cm³/mol. The van der Waals surface area contributed by atoms with Crippen LogP contribution in [0.1, 0.15) is 29.3 Å². The van der Waals surface area contributed by atoms with Gasteiger partial charge in [-0.2, -0.15) is 0 Å². The number of nitrogens with zero attached hydrogens (tertiary/aromatic N) is 4. The monoisotopic (exact) mass is 456 g/mol. The molecule has 1 fully saturated rings. The van der Waals surface area contributed by atoms with Crippen molar-refractivity contribution in [3.63, 3.8) is 0 Å². The lowest BCUT2D eigenvalue weighted by atomic mass is 10.0. The second kappa shape index (κ2) is 9.32. The number of carbonyl (C=O) groups excluding carboxylic acids is 1. The number of hydrogen-bond acceptors (Lipinski definition) is 7. The molecule has 0 unspecified atom stereocenters. The van der Waals surface area contributed by atoms with Crippen molar-refractivity contribution in [3.8, 4) is 11.5 Å². The Balaban J connectivity index is 1.21. The smallest absolute Gasteiger partial charge is 0.233 e. The van der Waals surface area contributed by atoms with Crippen LogP contribution >= 0.6 is 23.1 Å². The number of amides is 1. The SMILES string of the molecule is O=C(CSc1nncn1CCc1cccs1)N1CCC[C@@H]1c1ccc2c(c1)OCCO2. The zero-order chi connectivity index (χ0) is 21.0. The largest absolute Gasteiger partial charge is 0.486 e. The van der Waals surface area contributed by atoms with Crippen molar-refractivity contribution in [2.45, 2.75) is 37.0 Å². The summed E-state index contributed by atoms with van der Waals surface area (Å²) >= 11 is 3.22. The highest BCUT2D eigenvalue weighted by Crippen LogP contribution is 2.38. The van der Waals surface area contributed by atoms with Gasteiger partial charge in [-0.15, -0.1) is 21.5 Å². The number of aryl methyl sites for hydroxylation is 2. The topological polar surface area (TPSA) is 69.5 Å². The molecule has 5 rings (SSSR count). The summed E-state index contributed by atoms with van der Waals surface area (Å²) in [4.78, 5) is 16.4. The molecule has 3 aromatic rings. The van der Waals surface area contributed by atoms with E-state index in [1.807, 2.05) is 21.6 Å². The molecule has 2 aromatic heterocycles. The Labute approximate surface area is 189 Å². The average molecular weight is 457 g/mol. The molecule has 2 aliphatic heterocycles. The summed E-state index contributed by atoms with van der Waals surface area (Å²) in [6.45, 7) is 2.74. The predicted octanol–water partition coefficient (Wildman–Crippen LogP) is 3.81. The van der Waals surface area contributed by atoms with E-state index in [-0.39, 0.29) is 11.9 Å². The van der Waals surface area contributed by atoms with Crippen LogP contribution in [0.4, 0.5) is 0 Å². The molecular weight excluding hydrogens is 432 g/mol. The molecule has 1 aromatic carbocycles. The van der Waals surface area contributed by atoms with Gasteiger partial charge in [0, 0.05) is 18.0 Å². The number of carbonyl (C=O) groups is 1. The summed E-state index contributed by atoms with van der Waals surface area (Å²) in [5.74, 6) is 2.05. The van der Waals surface area contributed by atoms with E-state index in [1.165, 1.54) is 16.6 Å². The van der Waals surface area contributed by atoms with Crippen LogP contribution in [0.2, 0.25) is 0 Å². The molecule has 1 atom stereocenters. The van der Waals surface area contributed by atoms with Crippen LogP contribution in [-0.4, -0.2) is 51.1 Å². The van der Waals surface area contributed by atoms with Crippen LogP contribution in [0.3, 0.4) is 0 Å². The van der Waals surface area contributed by atoms with Gasteiger partial charge in [0.2, 0.25) is 5.91 Å². The van der Waals surface area contributed by atoms with Gasteiger partial charge in [0.05, 0.1) is 11.8 Å². The van der Waals surface area contributed by atoms with Crippen LogP contribution in [-0.2, 0) is 17.8 Å². The highest BCUT2D eigenvalue weighted by atomic mass is 32.2. The van der Waals surface area contributed by atoms with E-state index in [4.69, 9.17) is 9.47 Å². The molecule has 1 amide bonds. The first-order valence-corrected chi connectivity index (χ1v) is 12.4. The van der Waals surface area contributed by atoms with Crippen LogP contribution in [0.25, 0.3) is 0 Å². The lowest BCUT2D eigenvalue weighted by Gasteiger charge is -2.26. The van der Waals surface area contributed by atoms with Crippen LogP contribution < -0.4 is 9.47 Å². The van der Waals surface area contributed by atoms with Crippen molar-refractivity contribution in [1.29, 1.82) is 0 Å². The van der Waals surface area contributed by atoms with Crippen molar-refractivity contribution in [2.24, 2.45) is 0 Å². The van der Waals surface area contributed by atoms with E-state index in [9.17, 15) is 4.79 Å². The molecule has 1 saturated heterocycles. The van der Waals surface area contributed by atoms with Crippen molar-refractivity contribution >= 4 is 29.0 Å². The molecule has 4 heterocycles. The average Bonchev–Trinajstić information content (AvgIpc) is 3.57. The normalized spacial score (nSPS) is 17.8. The Morgan fingerprint density at radius 1 is 1.23 bits per heavy atom. The fraction of sp³-hybridized carbons (Fsp3) is 0.409. The lowest BCUT2D eigenvalue weighted by molar-refractivity contribution is -0.129. The minimum absolute atomic E-state index is 0.0839. The number of thiophene rings is 1.